The lowest BCUT2D eigenvalue weighted by atomic mass is 10.2. The molecule has 1 unspecified atom stereocenters. The van der Waals surface area contributed by atoms with E-state index in [1.54, 1.807) is 11.3 Å². The Bertz CT molecular complexity index is 660. The Balaban J connectivity index is 1.64. The van der Waals surface area contributed by atoms with Gasteiger partial charge in [0.2, 0.25) is 0 Å². The van der Waals surface area contributed by atoms with Crippen molar-refractivity contribution in [1.82, 2.24) is 0 Å². The summed E-state index contributed by atoms with van der Waals surface area (Å²) in [5.74, 6) is -1.65. The second-order valence-electron chi connectivity index (χ2n) is 5.47. The number of likely N-dealkylation sites (tertiary alicyclic amines) is 1. The summed E-state index contributed by atoms with van der Waals surface area (Å²) in [5.41, 5.74) is 0.0256. The van der Waals surface area contributed by atoms with Crippen LogP contribution >= 0.6 is 11.3 Å². The average molecular weight is 323 g/mol. The van der Waals surface area contributed by atoms with Gasteiger partial charge in [0.05, 0.1) is 17.1 Å². The Morgan fingerprint density at radius 3 is 2.95 bits per heavy atom. The second kappa shape index (κ2) is 6.54. The van der Waals surface area contributed by atoms with Crippen LogP contribution in [-0.2, 0) is 4.79 Å². The van der Waals surface area contributed by atoms with E-state index in [1.807, 2.05) is 11.4 Å². The van der Waals surface area contributed by atoms with Gasteiger partial charge in [-0.1, -0.05) is 6.07 Å². The molecule has 2 heterocycles. The molecule has 0 radical (unpaired) electrons. The molecular formula is C16H17F2N2OS+. The number of hydrogen-bond donors (Lipinski definition) is 2. The van der Waals surface area contributed by atoms with Crippen LogP contribution in [0.5, 0.6) is 0 Å². The highest BCUT2D eigenvalue weighted by Crippen LogP contribution is 2.23. The summed E-state index contributed by atoms with van der Waals surface area (Å²) in [4.78, 5) is 14.6. The predicted molar refractivity (Wildman–Crippen MR) is 82.0 cm³/mol. The molecule has 1 aliphatic heterocycles. The molecule has 2 aromatic rings. The maximum Gasteiger partial charge on any atom is 0.279 e. The zero-order valence-electron chi connectivity index (χ0n) is 11.9. The largest absolute Gasteiger partial charge is 0.320 e. The molecule has 22 heavy (non-hydrogen) atoms. The minimum Gasteiger partial charge on any atom is -0.320 e. The molecule has 0 spiro atoms. The zero-order chi connectivity index (χ0) is 15.5. The highest BCUT2D eigenvalue weighted by molar-refractivity contribution is 7.10. The fourth-order valence-corrected chi connectivity index (χ4v) is 3.87. The number of quaternary nitrogens is 1. The van der Waals surface area contributed by atoms with Crippen LogP contribution in [-0.4, -0.2) is 19.0 Å². The third kappa shape index (κ3) is 3.34. The zero-order valence-corrected chi connectivity index (χ0v) is 12.8. The maximum atomic E-state index is 13.6. The van der Waals surface area contributed by atoms with Crippen LogP contribution in [0.1, 0.15) is 23.8 Å². The molecule has 3 nitrogen and oxygen atoms in total. The highest BCUT2D eigenvalue weighted by Gasteiger charge is 2.32. The van der Waals surface area contributed by atoms with Gasteiger partial charge in [-0.3, -0.25) is 4.79 Å². The summed E-state index contributed by atoms with van der Waals surface area (Å²) in [6.07, 6.45) is 2.14. The van der Waals surface area contributed by atoms with Crippen molar-refractivity contribution < 1.29 is 18.5 Å². The fraction of sp³-hybridized carbons (Fsp3) is 0.312. The second-order valence-corrected chi connectivity index (χ2v) is 6.45. The minimum atomic E-state index is -0.750. The van der Waals surface area contributed by atoms with E-state index < -0.39 is 11.6 Å². The Labute approximate surface area is 131 Å². The molecule has 1 amide bonds. The van der Waals surface area contributed by atoms with Crippen LogP contribution in [0, 0.1) is 11.6 Å². The molecule has 1 saturated heterocycles. The van der Waals surface area contributed by atoms with Gasteiger partial charge in [-0.05, 0) is 23.6 Å². The van der Waals surface area contributed by atoms with Crippen molar-refractivity contribution >= 4 is 22.9 Å². The molecule has 116 valence electrons. The molecular weight excluding hydrogens is 306 g/mol. The topological polar surface area (TPSA) is 33.5 Å². The quantitative estimate of drug-likeness (QED) is 0.890. The van der Waals surface area contributed by atoms with Crippen molar-refractivity contribution in [2.45, 2.75) is 18.9 Å². The standard InChI is InChI=1S/C16H16F2N2OS/c17-11-5-6-13(12(18)9-11)19-16(21)10-20-7-1-3-14(20)15-4-2-8-22-15/h2,4-6,8-9,14H,1,3,7,10H2,(H,19,21)/p+1/t14-/m1/s1. The number of carbonyl (C=O) groups excluding carboxylic acids is 1. The predicted octanol–water partition coefficient (Wildman–Crippen LogP) is 2.38. The summed E-state index contributed by atoms with van der Waals surface area (Å²) in [5, 5.41) is 4.57. The van der Waals surface area contributed by atoms with Crippen molar-refractivity contribution in [1.29, 1.82) is 0 Å². The van der Waals surface area contributed by atoms with Gasteiger partial charge >= 0.3 is 0 Å². The first-order valence-corrected chi connectivity index (χ1v) is 8.14. The summed E-state index contributed by atoms with van der Waals surface area (Å²) >= 11 is 1.70. The van der Waals surface area contributed by atoms with Gasteiger partial charge in [0.1, 0.15) is 17.7 Å². The number of nitrogens with one attached hydrogen (secondary N) is 2. The Morgan fingerprint density at radius 1 is 1.36 bits per heavy atom. The van der Waals surface area contributed by atoms with Gasteiger partial charge in [-0.15, -0.1) is 11.3 Å². The van der Waals surface area contributed by atoms with Gasteiger partial charge in [0.15, 0.2) is 6.54 Å². The van der Waals surface area contributed by atoms with Gasteiger partial charge in [-0.2, -0.15) is 0 Å². The third-order valence-electron chi connectivity index (χ3n) is 3.96. The molecule has 1 aromatic carbocycles. The summed E-state index contributed by atoms with van der Waals surface area (Å²) in [7, 11) is 0. The average Bonchev–Trinajstić information content (AvgIpc) is 3.12. The first-order valence-electron chi connectivity index (χ1n) is 7.26. The number of benzene rings is 1. The summed E-state index contributed by atoms with van der Waals surface area (Å²) < 4.78 is 26.4. The van der Waals surface area contributed by atoms with Gasteiger partial charge < -0.3 is 10.2 Å². The third-order valence-corrected chi connectivity index (χ3v) is 4.95. The van der Waals surface area contributed by atoms with Crippen molar-refractivity contribution in [2.24, 2.45) is 0 Å². The van der Waals surface area contributed by atoms with Crippen LogP contribution in [0.25, 0.3) is 0 Å². The SMILES string of the molecule is O=C(C[NH+]1CCC[C@@H]1c1cccs1)Nc1ccc(F)cc1F. The first-order chi connectivity index (χ1) is 10.6. The van der Waals surface area contributed by atoms with E-state index in [0.717, 1.165) is 31.5 Å². The van der Waals surface area contributed by atoms with E-state index in [9.17, 15) is 13.6 Å². The minimum absolute atomic E-state index is 0.0256. The molecule has 2 atom stereocenters. The number of hydrogen-bond acceptors (Lipinski definition) is 2. The van der Waals surface area contributed by atoms with Crippen LogP contribution < -0.4 is 10.2 Å². The number of carbonyl (C=O) groups is 1. The lowest BCUT2D eigenvalue weighted by Gasteiger charge is -2.20. The van der Waals surface area contributed by atoms with E-state index in [0.29, 0.717) is 12.6 Å². The van der Waals surface area contributed by atoms with Crippen LogP contribution in [0.15, 0.2) is 35.7 Å². The van der Waals surface area contributed by atoms with E-state index in [1.165, 1.54) is 15.8 Å². The van der Waals surface area contributed by atoms with E-state index in [-0.39, 0.29) is 11.6 Å². The smallest absolute Gasteiger partial charge is 0.279 e. The molecule has 1 aromatic heterocycles. The van der Waals surface area contributed by atoms with Gasteiger partial charge in [0.25, 0.3) is 5.91 Å². The van der Waals surface area contributed by atoms with E-state index in [2.05, 4.69) is 11.4 Å². The van der Waals surface area contributed by atoms with Crippen molar-refractivity contribution in [3.63, 3.8) is 0 Å². The van der Waals surface area contributed by atoms with Crippen LogP contribution in [0.4, 0.5) is 14.5 Å². The number of thiophene rings is 1. The number of halogens is 2. The van der Waals surface area contributed by atoms with Gasteiger partial charge in [0, 0.05) is 18.9 Å². The Morgan fingerprint density at radius 2 is 2.23 bits per heavy atom. The molecule has 0 aliphatic carbocycles. The summed E-state index contributed by atoms with van der Waals surface area (Å²) in [6, 6.07) is 7.60. The number of amides is 1. The number of anilines is 1. The number of rotatable bonds is 4. The molecule has 3 rings (SSSR count). The Hall–Kier alpha value is -1.79. The lowest BCUT2D eigenvalue weighted by molar-refractivity contribution is -0.910. The van der Waals surface area contributed by atoms with Crippen molar-refractivity contribution in [3.8, 4) is 0 Å². The van der Waals surface area contributed by atoms with E-state index in [4.69, 9.17) is 0 Å². The van der Waals surface area contributed by atoms with Crippen molar-refractivity contribution in [2.75, 3.05) is 18.4 Å². The van der Waals surface area contributed by atoms with E-state index >= 15 is 0 Å². The van der Waals surface area contributed by atoms with Crippen molar-refractivity contribution in [3.05, 3.63) is 52.2 Å². The monoisotopic (exact) mass is 323 g/mol. The molecule has 2 N–H and O–H groups in total. The first kappa shape index (κ1) is 15.1. The normalized spacial score (nSPS) is 21.0. The summed E-state index contributed by atoms with van der Waals surface area (Å²) in [6.45, 7) is 1.22. The fourth-order valence-electron chi connectivity index (χ4n) is 2.95. The highest BCUT2D eigenvalue weighted by atomic mass is 32.1. The molecule has 0 saturated carbocycles. The van der Waals surface area contributed by atoms with Crippen LogP contribution in [0.2, 0.25) is 0 Å². The molecule has 1 aliphatic rings. The molecule has 1 fully saturated rings. The lowest BCUT2D eigenvalue weighted by Crippen LogP contribution is -3.11. The maximum absolute atomic E-state index is 13.6. The van der Waals surface area contributed by atoms with Crippen LogP contribution in [0.3, 0.4) is 0 Å². The molecule has 6 heteroatoms. The Kier molecular flexibility index (Phi) is 4.49. The molecule has 0 bridgehead atoms. The van der Waals surface area contributed by atoms with Gasteiger partial charge in [-0.25, -0.2) is 8.78 Å².